The number of para-hydroxylation sites is 1. The van der Waals surface area contributed by atoms with Crippen LogP contribution in [0.25, 0.3) is 0 Å². The Morgan fingerprint density at radius 1 is 1.33 bits per heavy atom. The minimum atomic E-state index is -3.70. The van der Waals surface area contributed by atoms with E-state index in [-0.39, 0.29) is 4.90 Å². The summed E-state index contributed by atoms with van der Waals surface area (Å²) in [6, 6.07) is 6.38. The molecule has 0 aliphatic carbocycles. The first-order chi connectivity index (χ1) is 7.05. The lowest BCUT2D eigenvalue weighted by atomic mass is 10.3. The molecular formula is C10H15NO3S. The summed E-state index contributed by atoms with van der Waals surface area (Å²) < 4.78 is 27.7. The Balaban J connectivity index is 2.88. The summed E-state index contributed by atoms with van der Waals surface area (Å²) in [5, 5.41) is 5.05. The number of unbranched alkanes of at least 4 members (excludes halogenated alkanes) is 1. The summed E-state index contributed by atoms with van der Waals surface area (Å²) in [7, 11) is -3.70. The van der Waals surface area contributed by atoms with Gasteiger partial charge < -0.3 is 4.74 Å². The molecule has 0 aliphatic rings. The minimum Gasteiger partial charge on any atom is -0.492 e. The van der Waals surface area contributed by atoms with Crippen LogP contribution in [0.4, 0.5) is 0 Å². The van der Waals surface area contributed by atoms with Crippen LogP contribution in [-0.2, 0) is 10.0 Å². The van der Waals surface area contributed by atoms with E-state index in [0.717, 1.165) is 12.8 Å². The second kappa shape index (κ2) is 5.14. The monoisotopic (exact) mass is 229 g/mol. The van der Waals surface area contributed by atoms with Crippen LogP contribution in [0.15, 0.2) is 29.2 Å². The Morgan fingerprint density at radius 2 is 2.00 bits per heavy atom. The highest BCUT2D eigenvalue weighted by atomic mass is 32.2. The smallest absolute Gasteiger partial charge is 0.241 e. The molecule has 0 heterocycles. The third kappa shape index (κ3) is 3.53. The zero-order valence-electron chi connectivity index (χ0n) is 8.64. The molecule has 0 aromatic heterocycles. The second-order valence-electron chi connectivity index (χ2n) is 3.19. The number of hydrogen-bond donors (Lipinski definition) is 1. The van der Waals surface area contributed by atoms with Gasteiger partial charge in [0.2, 0.25) is 10.0 Å². The van der Waals surface area contributed by atoms with E-state index in [1.165, 1.54) is 6.07 Å². The molecule has 15 heavy (non-hydrogen) atoms. The van der Waals surface area contributed by atoms with Crippen LogP contribution in [-0.4, -0.2) is 15.0 Å². The fraction of sp³-hybridized carbons (Fsp3) is 0.400. The zero-order valence-corrected chi connectivity index (χ0v) is 9.46. The van der Waals surface area contributed by atoms with Crippen LogP contribution in [0.3, 0.4) is 0 Å². The molecular weight excluding hydrogens is 214 g/mol. The summed E-state index contributed by atoms with van der Waals surface area (Å²) in [5.41, 5.74) is 0. The summed E-state index contributed by atoms with van der Waals surface area (Å²) >= 11 is 0. The quantitative estimate of drug-likeness (QED) is 0.778. The van der Waals surface area contributed by atoms with Gasteiger partial charge in [-0.05, 0) is 18.6 Å². The first-order valence-corrected chi connectivity index (χ1v) is 6.35. The standard InChI is InChI=1S/C10H15NO3S/c1-2-3-8-14-9-6-4-5-7-10(9)15(11,12)13/h4-7H,2-3,8H2,1H3,(H2,11,12,13). The molecule has 0 atom stereocenters. The highest BCUT2D eigenvalue weighted by molar-refractivity contribution is 7.89. The maximum atomic E-state index is 11.2. The summed E-state index contributed by atoms with van der Waals surface area (Å²) in [6.45, 7) is 2.54. The van der Waals surface area contributed by atoms with Gasteiger partial charge >= 0.3 is 0 Å². The Kier molecular flexibility index (Phi) is 4.11. The van der Waals surface area contributed by atoms with E-state index in [1.807, 2.05) is 6.92 Å². The summed E-state index contributed by atoms with van der Waals surface area (Å²) in [6.07, 6.45) is 1.89. The van der Waals surface area contributed by atoms with Gasteiger partial charge in [0.1, 0.15) is 10.6 Å². The molecule has 0 radical (unpaired) electrons. The average molecular weight is 229 g/mol. The summed E-state index contributed by atoms with van der Waals surface area (Å²) in [4.78, 5) is 0.0427. The first-order valence-electron chi connectivity index (χ1n) is 4.80. The highest BCUT2D eigenvalue weighted by Gasteiger charge is 2.13. The van der Waals surface area contributed by atoms with Crippen molar-refractivity contribution in [3.8, 4) is 5.75 Å². The molecule has 0 amide bonds. The van der Waals surface area contributed by atoms with Crippen LogP contribution in [0, 0.1) is 0 Å². The van der Waals surface area contributed by atoms with E-state index in [0.29, 0.717) is 12.4 Å². The molecule has 2 N–H and O–H groups in total. The van der Waals surface area contributed by atoms with Gasteiger partial charge in [-0.15, -0.1) is 0 Å². The van der Waals surface area contributed by atoms with E-state index < -0.39 is 10.0 Å². The maximum absolute atomic E-state index is 11.2. The molecule has 0 saturated heterocycles. The predicted octanol–water partition coefficient (Wildman–Crippen LogP) is 1.51. The molecule has 0 unspecified atom stereocenters. The lowest BCUT2D eigenvalue weighted by Crippen LogP contribution is -2.14. The Bertz CT molecular complexity index is 414. The molecule has 1 rings (SSSR count). The number of primary sulfonamides is 1. The van der Waals surface area contributed by atoms with Crippen molar-refractivity contribution in [1.82, 2.24) is 0 Å². The van der Waals surface area contributed by atoms with Crippen LogP contribution in [0.2, 0.25) is 0 Å². The molecule has 0 saturated carbocycles. The molecule has 1 aromatic carbocycles. The van der Waals surface area contributed by atoms with Gasteiger partial charge in [0.15, 0.2) is 0 Å². The van der Waals surface area contributed by atoms with Gasteiger partial charge in [0.05, 0.1) is 6.61 Å². The van der Waals surface area contributed by atoms with Crippen molar-refractivity contribution >= 4 is 10.0 Å². The highest BCUT2D eigenvalue weighted by Crippen LogP contribution is 2.21. The Morgan fingerprint density at radius 3 is 2.60 bits per heavy atom. The number of sulfonamides is 1. The largest absolute Gasteiger partial charge is 0.492 e. The van der Waals surface area contributed by atoms with Gasteiger partial charge in [-0.3, -0.25) is 0 Å². The molecule has 0 fully saturated rings. The van der Waals surface area contributed by atoms with Crippen molar-refractivity contribution in [2.24, 2.45) is 5.14 Å². The normalized spacial score (nSPS) is 11.3. The van der Waals surface area contributed by atoms with Gasteiger partial charge in [0.25, 0.3) is 0 Å². The van der Waals surface area contributed by atoms with Crippen molar-refractivity contribution < 1.29 is 13.2 Å². The second-order valence-corrected chi connectivity index (χ2v) is 4.72. The SMILES string of the molecule is CCCCOc1ccccc1S(N)(=O)=O. The number of nitrogens with two attached hydrogens (primary N) is 1. The van der Waals surface area contributed by atoms with Gasteiger partial charge in [-0.25, -0.2) is 13.6 Å². The fourth-order valence-electron chi connectivity index (χ4n) is 1.13. The third-order valence-electron chi connectivity index (χ3n) is 1.91. The fourth-order valence-corrected chi connectivity index (χ4v) is 1.81. The number of hydrogen-bond acceptors (Lipinski definition) is 3. The zero-order chi connectivity index (χ0) is 11.3. The summed E-state index contributed by atoms with van der Waals surface area (Å²) in [5.74, 6) is 0.327. The van der Waals surface area contributed by atoms with E-state index in [9.17, 15) is 8.42 Å². The van der Waals surface area contributed by atoms with E-state index in [4.69, 9.17) is 9.88 Å². The Labute approximate surface area is 90.1 Å². The number of benzene rings is 1. The van der Waals surface area contributed by atoms with Crippen molar-refractivity contribution in [2.75, 3.05) is 6.61 Å². The van der Waals surface area contributed by atoms with E-state index >= 15 is 0 Å². The average Bonchev–Trinajstić information content (AvgIpc) is 2.17. The lowest BCUT2D eigenvalue weighted by Gasteiger charge is -2.08. The minimum absolute atomic E-state index is 0.0427. The molecule has 84 valence electrons. The topological polar surface area (TPSA) is 69.4 Å². The lowest BCUT2D eigenvalue weighted by molar-refractivity contribution is 0.301. The predicted molar refractivity (Wildman–Crippen MR) is 58.2 cm³/mol. The number of rotatable bonds is 5. The van der Waals surface area contributed by atoms with Crippen molar-refractivity contribution in [1.29, 1.82) is 0 Å². The first kappa shape index (κ1) is 12.0. The van der Waals surface area contributed by atoms with Crippen molar-refractivity contribution in [3.63, 3.8) is 0 Å². The maximum Gasteiger partial charge on any atom is 0.241 e. The molecule has 1 aromatic rings. The molecule has 5 heteroatoms. The molecule has 0 bridgehead atoms. The molecule has 4 nitrogen and oxygen atoms in total. The van der Waals surface area contributed by atoms with Crippen LogP contribution in [0.5, 0.6) is 5.75 Å². The third-order valence-corrected chi connectivity index (χ3v) is 2.86. The van der Waals surface area contributed by atoms with Gasteiger partial charge in [0, 0.05) is 0 Å². The Hall–Kier alpha value is -1.07. The van der Waals surface area contributed by atoms with E-state index in [2.05, 4.69) is 0 Å². The van der Waals surface area contributed by atoms with Gasteiger partial charge in [-0.2, -0.15) is 0 Å². The van der Waals surface area contributed by atoms with Gasteiger partial charge in [-0.1, -0.05) is 25.5 Å². The van der Waals surface area contributed by atoms with Crippen LogP contribution in [0.1, 0.15) is 19.8 Å². The van der Waals surface area contributed by atoms with Crippen LogP contribution < -0.4 is 9.88 Å². The van der Waals surface area contributed by atoms with E-state index in [1.54, 1.807) is 18.2 Å². The molecule has 0 aliphatic heterocycles. The number of ether oxygens (including phenoxy) is 1. The van der Waals surface area contributed by atoms with Crippen molar-refractivity contribution in [2.45, 2.75) is 24.7 Å². The van der Waals surface area contributed by atoms with Crippen molar-refractivity contribution in [3.05, 3.63) is 24.3 Å². The molecule has 0 spiro atoms. The van der Waals surface area contributed by atoms with Crippen LogP contribution >= 0.6 is 0 Å².